The molecule has 0 aliphatic heterocycles. The molecule has 2 aromatic rings. The minimum atomic E-state index is -0.175. The molecule has 100 valence electrons. The summed E-state index contributed by atoms with van der Waals surface area (Å²) in [5.74, 6) is -0.175. The molecule has 2 rings (SSSR count). The summed E-state index contributed by atoms with van der Waals surface area (Å²) in [7, 11) is 0. The number of nitrogens with one attached hydrogen (secondary N) is 1. The second-order valence-electron chi connectivity index (χ2n) is 4.55. The molecule has 19 heavy (non-hydrogen) atoms. The number of aryl methyl sites for hydroxylation is 1. The van der Waals surface area contributed by atoms with E-state index < -0.39 is 0 Å². The molecule has 0 bridgehead atoms. The number of hydrogen-bond donors (Lipinski definition) is 1. The van der Waals surface area contributed by atoms with Crippen molar-refractivity contribution < 1.29 is 4.39 Å². The summed E-state index contributed by atoms with van der Waals surface area (Å²) in [5, 5.41) is 4.01. The lowest BCUT2D eigenvalue weighted by molar-refractivity contribution is 0.619. The number of rotatable bonds is 4. The monoisotopic (exact) mass is 277 g/mol. The lowest BCUT2D eigenvalue weighted by Crippen LogP contribution is -2.12. The Morgan fingerprint density at radius 2 is 1.79 bits per heavy atom. The van der Waals surface area contributed by atoms with Crippen LogP contribution in [0, 0.1) is 12.7 Å². The van der Waals surface area contributed by atoms with Gasteiger partial charge in [-0.25, -0.2) is 4.39 Å². The van der Waals surface area contributed by atoms with E-state index in [4.69, 9.17) is 11.6 Å². The second kappa shape index (κ2) is 6.18. The molecule has 2 aromatic carbocycles. The van der Waals surface area contributed by atoms with Crippen molar-refractivity contribution in [3.8, 4) is 11.1 Å². The smallest absolute Gasteiger partial charge is 0.126 e. The molecule has 1 N–H and O–H groups in total. The summed E-state index contributed by atoms with van der Waals surface area (Å²) in [6.07, 6.45) is 0. The number of benzene rings is 2. The van der Waals surface area contributed by atoms with Crippen molar-refractivity contribution >= 4 is 11.6 Å². The van der Waals surface area contributed by atoms with Crippen molar-refractivity contribution in [3.05, 3.63) is 58.4 Å². The van der Waals surface area contributed by atoms with Crippen molar-refractivity contribution in [2.45, 2.75) is 20.4 Å². The first-order valence-electron chi connectivity index (χ1n) is 6.37. The van der Waals surface area contributed by atoms with Gasteiger partial charge in [-0.15, -0.1) is 0 Å². The summed E-state index contributed by atoms with van der Waals surface area (Å²) in [6.45, 7) is 5.47. The van der Waals surface area contributed by atoms with Crippen molar-refractivity contribution in [3.63, 3.8) is 0 Å². The van der Waals surface area contributed by atoms with Crippen LogP contribution in [-0.2, 0) is 6.54 Å². The predicted molar refractivity (Wildman–Crippen MR) is 79.0 cm³/mol. The average Bonchev–Trinajstić information content (AvgIpc) is 2.41. The van der Waals surface area contributed by atoms with Crippen LogP contribution in [0.2, 0.25) is 5.02 Å². The van der Waals surface area contributed by atoms with Crippen molar-refractivity contribution in [2.24, 2.45) is 0 Å². The highest BCUT2D eigenvalue weighted by molar-refractivity contribution is 6.31. The van der Waals surface area contributed by atoms with E-state index in [9.17, 15) is 4.39 Å². The molecule has 0 spiro atoms. The zero-order chi connectivity index (χ0) is 13.8. The maximum atomic E-state index is 13.3. The van der Waals surface area contributed by atoms with Crippen LogP contribution in [0.5, 0.6) is 0 Å². The molecule has 1 nitrogen and oxygen atoms in total. The van der Waals surface area contributed by atoms with Crippen LogP contribution in [0.4, 0.5) is 4.39 Å². The summed E-state index contributed by atoms with van der Waals surface area (Å²) in [4.78, 5) is 0. The van der Waals surface area contributed by atoms with Gasteiger partial charge in [0.2, 0.25) is 0 Å². The van der Waals surface area contributed by atoms with Gasteiger partial charge >= 0.3 is 0 Å². The molecular weight excluding hydrogens is 261 g/mol. The lowest BCUT2D eigenvalue weighted by atomic mass is 10.0. The third kappa shape index (κ3) is 3.34. The van der Waals surface area contributed by atoms with Gasteiger partial charge < -0.3 is 5.32 Å². The molecule has 0 aliphatic rings. The lowest BCUT2D eigenvalue weighted by Gasteiger charge is -2.09. The van der Waals surface area contributed by atoms with Crippen LogP contribution in [-0.4, -0.2) is 6.54 Å². The quantitative estimate of drug-likeness (QED) is 0.864. The van der Waals surface area contributed by atoms with Crippen molar-refractivity contribution in [2.75, 3.05) is 6.54 Å². The minimum Gasteiger partial charge on any atom is -0.313 e. The molecule has 0 amide bonds. The minimum absolute atomic E-state index is 0.175. The molecular formula is C16H17ClFN. The summed E-state index contributed by atoms with van der Waals surface area (Å²) in [6, 6.07) is 11.1. The van der Waals surface area contributed by atoms with Crippen LogP contribution in [0.25, 0.3) is 11.1 Å². The predicted octanol–water partition coefficient (Wildman–Crippen LogP) is 4.56. The van der Waals surface area contributed by atoms with Crippen molar-refractivity contribution in [1.82, 2.24) is 5.32 Å². The fourth-order valence-electron chi connectivity index (χ4n) is 1.97. The van der Waals surface area contributed by atoms with E-state index >= 15 is 0 Å². The topological polar surface area (TPSA) is 12.0 Å². The molecule has 0 fully saturated rings. The fourth-order valence-corrected chi connectivity index (χ4v) is 2.16. The normalized spacial score (nSPS) is 10.7. The summed E-state index contributed by atoms with van der Waals surface area (Å²) < 4.78 is 13.3. The van der Waals surface area contributed by atoms with Gasteiger partial charge in [0.1, 0.15) is 5.82 Å². The Bertz CT molecular complexity index is 581. The molecule has 0 unspecified atom stereocenters. The Labute approximate surface area is 118 Å². The van der Waals surface area contributed by atoms with E-state index in [1.807, 2.05) is 18.2 Å². The maximum absolute atomic E-state index is 13.3. The molecule has 3 heteroatoms. The summed E-state index contributed by atoms with van der Waals surface area (Å²) in [5.41, 5.74) is 3.78. The first-order valence-corrected chi connectivity index (χ1v) is 6.75. The molecule has 0 aliphatic carbocycles. The van der Waals surface area contributed by atoms with Crippen molar-refractivity contribution in [1.29, 1.82) is 0 Å². The first kappa shape index (κ1) is 14.0. The third-order valence-electron chi connectivity index (χ3n) is 3.10. The maximum Gasteiger partial charge on any atom is 0.126 e. The standard InChI is InChI=1S/C16H17ClFN/c1-3-19-10-14-9-13(4-6-15(14)17)12-5-7-16(18)11(2)8-12/h4-9,19H,3,10H2,1-2H3. The van der Waals surface area contributed by atoms with Crippen LogP contribution in [0.3, 0.4) is 0 Å². The Balaban J connectivity index is 2.36. The van der Waals surface area contributed by atoms with E-state index in [1.165, 1.54) is 6.07 Å². The van der Waals surface area contributed by atoms with Crippen LogP contribution in [0.15, 0.2) is 36.4 Å². The summed E-state index contributed by atoms with van der Waals surface area (Å²) >= 11 is 6.18. The molecule has 0 aromatic heterocycles. The Kier molecular flexibility index (Phi) is 4.56. The SMILES string of the molecule is CCNCc1cc(-c2ccc(F)c(C)c2)ccc1Cl. The van der Waals surface area contributed by atoms with Crippen LogP contribution >= 0.6 is 11.6 Å². The van der Waals surface area contributed by atoms with Gasteiger partial charge in [-0.1, -0.05) is 30.7 Å². The van der Waals surface area contributed by atoms with Gasteiger partial charge in [0.05, 0.1) is 0 Å². The molecule has 0 saturated heterocycles. The molecule has 0 heterocycles. The Hall–Kier alpha value is -1.38. The van der Waals surface area contributed by atoms with E-state index in [1.54, 1.807) is 13.0 Å². The van der Waals surface area contributed by atoms with Gasteiger partial charge in [-0.3, -0.25) is 0 Å². The average molecular weight is 278 g/mol. The highest BCUT2D eigenvalue weighted by Crippen LogP contribution is 2.26. The first-order chi connectivity index (χ1) is 9.11. The molecule has 0 atom stereocenters. The Morgan fingerprint density at radius 1 is 1.11 bits per heavy atom. The van der Waals surface area contributed by atoms with Crippen LogP contribution in [0.1, 0.15) is 18.1 Å². The molecule has 0 saturated carbocycles. The second-order valence-corrected chi connectivity index (χ2v) is 4.96. The molecule has 0 radical (unpaired) electrons. The number of hydrogen-bond acceptors (Lipinski definition) is 1. The van der Waals surface area contributed by atoms with E-state index in [2.05, 4.69) is 18.3 Å². The van der Waals surface area contributed by atoms with Crippen LogP contribution < -0.4 is 5.32 Å². The number of halogens is 2. The zero-order valence-corrected chi connectivity index (χ0v) is 11.9. The third-order valence-corrected chi connectivity index (χ3v) is 3.47. The van der Waals surface area contributed by atoms with Gasteiger partial charge in [0.25, 0.3) is 0 Å². The zero-order valence-electron chi connectivity index (χ0n) is 11.1. The van der Waals surface area contributed by atoms with Gasteiger partial charge in [0, 0.05) is 11.6 Å². The largest absolute Gasteiger partial charge is 0.313 e. The van der Waals surface area contributed by atoms with Gasteiger partial charge in [0.15, 0.2) is 0 Å². The highest BCUT2D eigenvalue weighted by atomic mass is 35.5. The highest BCUT2D eigenvalue weighted by Gasteiger charge is 2.05. The fraction of sp³-hybridized carbons (Fsp3) is 0.250. The van der Waals surface area contributed by atoms with E-state index in [0.29, 0.717) is 5.56 Å². The van der Waals surface area contributed by atoms with E-state index in [0.717, 1.165) is 34.8 Å². The Morgan fingerprint density at radius 3 is 2.47 bits per heavy atom. The van der Waals surface area contributed by atoms with E-state index in [-0.39, 0.29) is 5.82 Å². The van der Waals surface area contributed by atoms with Gasteiger partial charge in [-0.2, -0.15) is 0 Å². The van der Waals surface area contributed by atoms with Gasteiger partial charge in [-0.05, 0) is 60.0 Å².